The first-order chi connectivity index (χ1) is 5.97. The Morgan fingerprint density at radius 3 is 2.23 bits per heavy atom. The molecule has 0 aliphatic rings. The van der Waals surface area contributed by atoms with Crippen molar-refractivity contribution in [2.75, 3.05) is 7.11 Å². The van der Waals surface area contributed by atoms with Crippen LogP contribution in [0, 0.1) is 0 Å². The Kier molecular flexibility index (Phi) is 4.59. The van der Waals surface area contributed by atoms with Crippen LogP contribution < -0.4 is 5.73 Å². The highest BCUT2D eigenvalue weighted by Gasteiger charge is 1.98. The summed E-state index contributed by atoms with van der Waals surface area (Å²) in [5.74, 6) is 0.442. The van der Waals surface area contributed by atoms with E-state index in [0.717, 1.165) is 0 Å². The largest absolute Gasteiger partial charge is 0.497 e. The number of carbonyl (C=O) groups excluding carboxylic acids is 1. The summed E-state index contributed by atoms with van der Waals surface area (Å²) in [4.78, 5) is 10.8. The molecule has 0 heterocycles. The van der Waals surface area contributed by atoms with E-state index in [-0.39, 0.29) is 5.78 Å². The van der Waals surface area contributed by atoms with Gasteiger partial charge < -0.3 is 10.5 Å². The van der Waals surface area contributed by atoms with Crippen molar-refractivity contribution in [3.63, 3.8) is 0 Å². The van der Waals surface area contributed by atoms with Gasteiger partial charge in [-0.3, -0.25) is 4.79 Å². The number of Topliss-reactive ketones (excluding diaryl/α,β-unsaturated/α-hetero) is 1. The SMILES string of the molecule is C=C(/C=C(\C=C(\C)N)OC)C(C)=O. The number of rotatable bonds is 4. The molecular formula is C10H15NO2. The summed E-state index contributed by atoms with van der Waals surface area (Å²) < 4.78 is 4.97. The summed E-state index contributed by atoms with van der Waals surface area (Å²) in [5.41, 5.74) is 6.46. The molecule has 0 spiro atoms. The zero-order valence-electron chi connectivity index (χ0n) is 8.26. The van der Waals surface area contributed by atoms with Crippen molar-refractivity contribution in [1.82, 2.24) is 0 Å². The van der Waals surface area contributed by atoms with Crippen LogP contribution in [0.3, 0.4) is 0 Å². The number of allylic oxidation sites excluding steroid dienone is 4. The van der Waals surface area contributed by atoms with Gasteiger partial charge in [0.1, 0.15) is 5.76 Å². The molecule has 72 valence electrons. The first-order valence-corrected chi connectivity index (χ1v) is 3.86. The maximum Gasteiger partial charge on any atom is 0.159 e. The molecule has 2 N–H and O–H groups in total. The quantitative estimate of drug-likeness (QED) is 0.406. The minimum absolute atomic E-state index is 0.0855. The second-order valence-electron chi connectivity index (χ2n) is 2.72. The van der Waals surface area contributed by atoms with Gasteiger partial charge in [-0.2, -0.15) is 0 Å². The lowest BCUT2D eigenvalue weighted by molar-refractivity contribution is -0.113. The Bertz CT molecular complexity index is 271. The summed E-state index contributed by atoms with van der Waals surface area (Å²) >= 11 is 0. The van der Waals surface area contributed by atoms with Crippen molar-refractivity contribution >= 4 is 5.78 Å². The van der Waals surface area contributed by atoms with Gasteiger partial charge in [0.2, 0.25) is 0 Å². The molecular weight excluding hydrogens is 166 g/mol. The Morgan fingerprint density at radius 1 is 1.38 bits per heavy atom. The van der Waals surface area contributed by atoms with Gasteiger partial charge in [0.25, 0.3) is 0 Å². The predicted molar refractivity (Wildman–Crippen MR) is 52.9 cm³/mol. The van der Waals surface area contributed by atoms with E-state index in [2.05, 4.69) is 6.58 Å². The Balaban J connectivity index is 4.67. The molecule has 0 amide bonds. The molecule has 0 unspecified atom stereocenters. The van der Waals surface area contributed by atoms with E-state index in [1.165, 1.54) is 14.0 Å². The van der Waals surface area contributed by atoms with Crippen LogP contribution in [-0.4, -0.2) is 12.9 Å². The van der Waals surface area contributed by atoms with Crippen LogP contribution in [0.25, 0.3) is 0 Å². The highest BCUT2D eigenvalue weighted by atomic mass is 16.5. The molecule has 0 aromatic carbocycles. The van der Waals surface area contributed by atoms with Crippen molar-refractivity contribution < 1.29 is 9.53 Å². The van der Waals surface area contributed by atoms with E-state index in [9.17, 15) is 4.79 Å². The first kappa shape index (κ1) is 11.5. The molecule has 0 aromatic rings. The van der Waals surface area contributed by atoms with Crippen LogP contribution >= 0.6 is 0 Å². The van der Waals surface area contributed by atoms with Crippen molar-refractivity contribution in [2.45, 2.75) is 13.8 Å². The van der Waals surface area contributed by atoms with Crippen LogP contribution in [0.1, 0.15) is 13.8 Å². The minimum Gasteiger partial charge on any atom is -0.497 e. The molecule has 0 saturated heterocycles. The summed E-state index contributed by atoms with van der Waals surface area (Å²) in [7, 11) is 1.51. The lowest BCUT2D eigenvalue weighted by Crippen LogP contribution is -1.96. The molecule has 0 saturated carbocycles. The molecule has 0 rings (SSSR count). The van der Waals surface area contributed by atoms with Gasteiger partial charge in [0.05, 0.1) is 7.11 Å². The smallest absolute Gasteiger partial charge is 0.159 e. The fourth-order valence-electron chi connectivity index (χ4n) is 0.657. The maximum absolute atomic E-state index is 10.8. The number of methoxy groups -OCH3 is 1. The fourth-order valence-corrected chi connectivity index (χ4v) is 0.657. The number of nitrogens with two attached hydrogens (primary N) is 1. The molecule has 0 radical (unpaired) electrons. The van der Waals surface area contributed by atoms with Gasteiger partial charge >= 0.3 is 0 Å². The van der Waals surface area contributed by atoms with Gasteiger partial charge in [-0.25, -0.2) is 0 Å². The van der Waals surface area contributed by atoms with Gasteiger partial charge in [0.15, 0.2) is 5.78 Å². The van der Waals surface area contributed by atoms with Gasteiger partial charge in [-0.1, -0.05) is 6.58 Å². The van der Waals surface area contributed by atoms with Crippen molar-refractivity contribution in [3.8, 4) is 0 Å². The standard InChI is InChI=1S/C10H15NO2/c1-7(9(3)12)5-10(13-4)6-8(2)11/h5-6H,1,11H2,2-4H3/b8-6-,10-5+. The molecule has 0 bridgehead atoms. The van der Waals surface area contributed by atoms with E-state index in [0.29, 0.717) is 17.0 Å². The maximum atomic E-state index is 10.8. The van der Waals surface area contributed by atoms with E-state index in [4.69, 9.17) is 10.5 Å². The van der Waals surface area contributed by atoms with Crippen LogP contribution in [0.2, 0.25) is 0 Å². The Morgan fingerprint density at radius 2 is 1.92 bits per heavy atom. The molecule has 0 aromatic heterocycles. The number of ether oxygens (including phenoxy) is 1. The van der Waals surface area contributed by atoms with Crippen LogP contribution in [0.5, 0.6) is 0 Å². The molecule has 3 heteroatoms. The minimum atomic E-state index is -0.0855. The van der Waals surface area contributed by atoms with Gasteiger partial charge in [0, 0.05) is 11.3 Å². The van der Waals surface area contributed by atoms with E-state index >= 15 is 0 Å². The third-order valence-corrected chi connectivity index (χ3v) is 1.37. The molecule has 0 aliphatic carbocycles. The van der Waals surface area contributed by atoms with Crippen LogP contribution in [-0.2, 0) is 9.53 Å². The van der Waals surface area contributed by atoms with E-state index in [1.807, 2.05) is 0 Å². The van der Waals surface area contributed by atoms with Crippen molar-refractivity contribution in [2.24, 2.45) is 5.73 Å². The Hall–Kier alpha value is -1.51. The summed E-state index contributed by atoms with van der Waals surface area (Å²) in [5, 5.41) is 0. The average molecular weight is 181 g/mol. The number of hydrogen-bond acceptors (Lipinski definition) is 3. The molecule has 3 nitrogen and oxygen atoms in total. The summed E-state index contributed by atoms with van der Waals surface area (Å²) in [6, 6.07) is 0. The fraction of sp³-hybridized carbons (Fsp3) is 0.300. The predicted octanol–water partition coefficient (Wildman–Crippen LogP) is 1.52. The van der Waals surface area contributed by atoms with Gasteiger partial charge in [-0.15, -0.1) is 0 Å². The molecule has 0 fully saturated rings. The lowest BCUT2D eigenvalue weighted by atomic mass is 10.2. The third kappa shape index (κ3) is 4.85. The third-order valence-electron chi connectivity index (χ3n) is 1.37. The van der Waals surface area contributed by atoms with E-state index < -0.39 is 0 Å². The highest BCUT2D eigenvalue weighted by Crippen LogP contribution is 2.05. The average Bonchev–Trinajstić information content (AvgIpc) is 2.02. The van der Waals surface area contributed by atoms with Crippen LogP contribution in [0.4, 0.5) is 0 Å². The topological polar surface area (TPSA) is 52.3 Å². The summed E-state index contributed by atoms with van der Waals surface area (Å²) in [6.07, 6.45) is 3.19. The first-order valence-electron chi connectivity index (χ1n) is 3.86. The van der Waals surface area contributed by atoms with E-state index in [1.54, 1.807) is 19.1 Å². The normalized spacial score (nSPS) is 12.5. The molecule has 0 atom stereocenters. The zero-order valence-corrected chi connectivity index (χ0v) is 8.26. The second kappa shape index (κ2) is 5.19. The van der Waals surface area contributed by atoms with Crippen molar-refractivity contribution in [3.05, 3.63) is 35.8 Å². The highest BCUT2D eigenvalue weighted by molar-refractivity contribution is 5.95. The number of hydrogen-bond donors (Lipinski definition) is 1. The van der Waals surface area contributed by atoms with Crippen molar-refractivity contribution in [1.29, 1.82) is 0 Å². The molecule has 0 aliphatic heterocycles. The number of ketones is 1. The Labute approximate surface area is 78.6 Å². The monoisotopic (exact) mass is 181 g/mol. The summed E-state index contributed by atoms with van der Waals surface area (Å²) in [6.45, 7) is 6.76. The second-order valence-corrected chi connectivity index (χ2v) is 2.72. The lowest BCUT2D eigenvalue weighted by Gasteiger charge is -2.01. The zero-order chi connectivity index (χ0) is 10.4. The molecule has 13 heavy (non-hydrogen) atoms. The number of carbonyl (C=O) groups is 1. The van der Waals surface area contributed by atoms with Crippen LogP contribution in [0.15, 0.2) is 35.8 Å². The van der Waals surface area contributed by atoms with Gasteiger partial charge in [-0.05, 0) is 26.0 Å².